The van der Waals surface area contributed by atoms with E-state index in [1.807, 2.05) is 0 Å². The van der Waals surface area contributed by atoms with Crippen LogP contribution in [0.4, 0.5) is 11.6 Å². The topological polar surface area (TPSA) is 49.8 Å². The molecule has 3 rings (SSSR count). The van der Waals surface area contributed by atoms with Crippen molar-refractivity contribution in [3.63, 3.8) is 0 Å². The van der Waals surface area contributed by atoms with Crippen LogP contribution >= 0.6 is 0 Å². The molecule has 2 saturated carbocycles. The number of hydrogen-bond donors (Lipinski definition) is 2. The number of nitrogens with zero attached hydrogens (tertiary/aromatic N) is 2. The van der Waals surface area contributed by atoms with Crippen molar-refractivity contribution in [1.29, 1.82) is 0 Å². The lowest BCUT2D eigenvalue weighted by molar-refractivity contribution is 0.520. The summed E-state index contributed by atoms with van der Waals surface area (Å²) in [6.07, 6.45) is 6.46. The van der Waals surface area contributed by atoms with E-state index in [1.54, 1.807) is 0 Å². The monoisotopic (exact) mass is 274 g/mol. The van der Waals surface area contributed by atoms with Gasteiger partial charge in [-0.05, 0) is 51.4 Å². The summed E-state index contributed by atoms with van der Waals surface area (Å²) in [4.78, 5) is 9.48. The van der Waals surface area contributed by atoms with Crippen molar-refractivity contribution >= 4 is 11.6 Å². The van der Waals surface area contributed by atoms with Crippen LogP contribution in [-0.2, 0) is 0 Å². The number of aromatic nitrogens is 2. The fourth-order valence-electron chi connectivity index (χ4n) is 2.67. The molecule has 0 saturated heterocycles. The third-order valence-electron chi connectivity index (χ3n) is 4.79. The van der Waals surface area contributed by atoms with Crippen LogP contribution in [0.2, 0.25) is 0 Å². The van der Waals surface area contributed by atoms with Crippen LogP contribution in [0.25, 0.3) is 0 Å². The standard InChI is InChI=1S/C16H26N4/c1-4-16(8-9-16)10-18-14-11(3)13(17-5-2)19-15(20-14)12-6-7-12/h12H,4-10H2,1-3H3,(H2,17,18,19,20). The summed E-state index contributed by atoms with van der Waals surface area (Å²) in [5.74, 6) is 3.66. The molecular formula is C16H26N4. The minimum absolute atomic E-state index is 0.537. The smallest absolute Gasteiger partial charge is 0.136 e. The van der Waals surface area contributed by atoms with Crippen molar-refractivity contribution in [2.24, 2.45) is 5.41 Å². The van der Waals surface area contributed by atoms with Crippen molar-refractivity contribution < 1.29 is 0 Å². The summed E-state index contributed by atoms with van der Waals surface area (Å²) >= 11 is 0. The summed E-state index contributed by atoms with van der Waals surface area (Å²) in [6.45, 7) is 8.47. The van der Waals surface area contributed by atoms with Crippen LogP contribution in [0.1, 0.15) is 63.3 Å². The summed E-state index contributed by atoms with van der Waals surface area (Å²) in [5, 5.41) is 6.97. The third kappa shape index (κ3) is 2.74. The van der Waals surface area contributed by atoms with Crippen LogP contribution in [0, 0.1) is 12.3 Å². The molecule has 110 valence electrons. The number of rotatable bonds is 7. The minimum atomic E-state index is 0.537. The van der Waals surface area contributed by atoms with E-state index in [2.05, 4.69) is 31.4 Å². The maximum absolute atomic E-state index is 4.78. The molecule has 0 aliphatic heterocycles. The maximum Gasteiger partial charge on any atom is 0.136 e. The van der Waals surface area contributed by atoms with Gasteiger partial charge in [-0.2, -0.15) is 0 Å². The van der Waals surface area contributed by atoms with Crippen molar-refractivity contribution in [3.05, 3.63) is 11.4 Å². The van der Waals surface area contributed by atoms with E-state index in [-0.39, 0.29) is 0 Å². The van der Waals surface area contributed by atoms with Crippen LogP contribution in [0.3, 0.4) is 0 Å². The first-order valence-electron chi connectivity index (χ1n) is 8.04. The van der Waals surface area contributed by atoms with Crippen molar-refractivity contribution in [3.8, 4) is 0 Å². The van der Waals surface area contributed by atoms with Crippen LogP contribution < -0.4 is 10.6 Å². The molecular weight excluding hydrogens is 248 g/mol. The average Bonchev–Trinajstić information content (AvgIpc) is 3.34. The van der Waals surface area contributed by atoms with Gasteiger partial charge in [-0.1, -0.05) is 6.92 Å². The molecule has 2 aliphatic rings. The fourth-order valence-corrected chi connectivity index (χ4v) is 2.67. The Labute approximate surface area is 121 Å². The highest BCUT2D eigenvalue weighted by Gasteiger charge is 2.40. The molecule has 1 aromatic rings. The molecule has 4 nitrogen and oxygen atoms in total. The highest BCUT2D eigenvalue weighted by Crippen LogP contribution is 2.48. The first-order valence-corrected chi connectivity index (χ1v) is 8.04. The van der Waals surface area contributed by atoms with Crippen LogP contribution in [0.15, 0.2) is 0 Å². The van der Waals surface area contributed by atoms with E-state index in [9.17, 15) is 0 Å². The second kappa shape index (κ2) is 5.23. The second-order valence-corrected chi connectivity index (χ2v) is 6.42. The van der Waals surface area contributed by atoms with E-state index in [4.69, 9.17) is 9.97 Å². The zero-order chi connectivity index (χ0) is 14.2. The predicted octanol–water partition coefficient (Wildman–Crippen LogP) is 3.70. The molecule has 0 unspecified atom stereocenters. The van der Waals surface area contributed by atoms with Crippen molar-refractivity contribution in [2.45, 2.75) is 58.8 Å². The Bertz CT molecular complexity index is 489. The summed E-state index contributed by atoms with van der Waals surface area (Å²) in [6, 6.07) is 0. The lowest BCUT2D eigenvalue weighted by atomic mass is 10.0. The summed E-state index contributed by atoms with van der Waals surface area (Å²) < 4.78 is 0. The Hall–Kier alpha value is -1.32. The Kier molecular flexibility index (Phi) is 3.57. The van der Waals surface area contributed by atoms with Gasteiger partial charge < -0.3 is 10.6 Å². The molecule has 2 N–H and O–H groups in total. The van der Waals surface area contributed by atoms with Crippen molar-refractivity contribution in [1.82, 2.24) is 9.97 Å². The molecule has 0 aromatic carbocycles. The molecule has 0 radical (unpaired) electrons. The minimum Gasteiger partial charge on any atom is -0.370 e. The lowest BCUT2D eigenvalue weighted by Gasteiger charge is -2.18. The van der Waals surface area contributed by atoms with Gasteiger partial charge in [0, 0.05) is 24.6 Å². The normalized spacial score (nSPS) is 19.8. The van der Waals surface area contributed by atoms with Gasteiger partial charge in [-0.15, -0.1) is 0 Å². The molecule has 0 amide bonds. The first-order chi connectivity index (χ1) is 9.67. The van der Waals surface area contributed by atoms with E-state index in [0.717, 1.165) is 36.1 Å². The van der Waals surface area contributed by atoms with Gasteiger partial charge in [-0.25, -0.2) is 9.97 Å². The van der Waals surface area contributed by atoms with Gasteiger partial charge in [0.15, 0.2) is 0 Å². The molecule has 20 heavy (non-hydrogen) atoms. The third-order valence-corrected chi connectivity index (χ3v) is 4.79. The fraction of sp³-hybridized carbons (Fsp3) is 0.750. The zero-order valence-electron chi connectivity index (χ0n) is 12.9. The molecule has 0 atom stereocenters. The predicted molar refractivity (Wildman–Crippen MR) is 83.4 cm³/mol. The lowest BCUT2D eigenvalue weighted by Crippen LogP contribution is -2.17. The van der Waals surface area contributed by atoms with Gasteiger partial charge in [0.25, 0.3) is 0 Å². The second-order valence-electron chi connectivity index (χ2n) is 6.42. The number of nitrogens with one attached hydrogen (secondary N) is 2. The zero-order valence-corrected chi connectivity index (χ0v) is 12.9. The van der Waals surface area contributed by atoms with E-state index >= 15 is 0 Å². The molecule has 0 spiro atoms. The average molecular weight is 274 g/mol. The highest BCUT2D eigenvalue weighted by molar-refractivity contribution is 5.57. The molecule has 4 heteroatoms. The quantitative estimate of drug-likeness (QED) is 0.796. The molecule has 0 bridgehead atoms. The van der Waals surface area contributed by atoms with E-state index in [0.29, 0.717) is 11.3 Å². The number of hydrogen-bond acceptors (Lipinski definition) is 4. The highest BCUT2D eigenvalue weighted by atomic mass is 15.1. The Morgan fingerprint density at radius 2 is 1.75 bits per heavy atom. The van der Waals surface area contributed by atoms with Gasteiger partial charge in [0.05, 0.1) is 0 Å². The van der Waals surface area contributed by atoms with Crippen molar-refractivity contribution in [2.75, 3.05) is 23.7 Å². The van der Waals surface area contributed by atoms with Gasteiger partial charge >= 0.3 is 0 Å². The molecule has 2 fully saturated rings. The Morgan fingerprint density at radius 1 is 1.10 bits per heavy atom. The van der Waals surface area contributed by atoms with Gasteiger partial charge in [0.2, 0.25) is 0 Å². The van der Waals surface area contributed by atoms with E-state index in [1.165, 1.54) is 32.1 Å². The molecule has 1 heterocycles. The van der Waals surface area contributed by atoms with E-state index < -0.39 is 0 Å². The SMILES string of the molecule is CCNc1nc(C2CC2)nc(NCC2(CC)CC2)c1C. The number of anilines is 2. The van der Waals surface area contributed by atoms with Crippen LogP contribution in [0.5, 0.6) is 0 Å². The Morgan fingerprint density at radius 3 is 2.25 bits per heavy atom. The Balaban J connectivity index is 1.80. The first kappa shape index (κ1) is 13.7. The molecule has 2 aliphatic carbocycles. The van der Waals surface area contributed by atoms with Gasteiger partial charge in [-0.3, -0.25) is 0 Å². The molecule has 1 aromatic heterocycles. The maximum atomic E-state index is 4.78. The van der Waals surface area contributed by atoms with Gasteiger partial charge in [0.1, 0.15) is 17.5 Å². The van der Waals surface area contributed by atoms with Crippen LogP contribution in [-0.4, -0.2) is 23.1 Å². The summed E-state index contributed by atoms with van der Waals surface area (Å²) in [7, 11) is 0. The summed E-state index contributed by atoms with van der Waals surface area (Å²) in [5.41, 5.74) is 1.69. The largest absolute Gasteiger partial charge is 0.370 e.